The summed E-state index contributed by atoms with van der Waals surface area (Å²) in [5, 5.41) is 14.3. The van der Waals surface area contributed by atoms with Crippen molar-refractivity contribution in [3.05, 3.63) is 60.4 Å². The summed E-state index contributed by atoms with van der Waals surface area (Å²) < 4.78 is 5.36. The first kappa shape index (κ1) is 12.6. The number of hydrogen-bond donors (Lipinski definition) is 2. The summed E-state index contributed by atoms with van der Waals surface area (Å²) in [5.74, 6) is 0.346. The number of para-hydroxylation sites is 1. The van der Waals surface area contributed by atoms with E-state index in [0.29, 0.717) is 5.75 Å². The van der Waals surface area contributed by atoms with Gasteiger partial charge in [0.05, 0.1) is 6.26 Å². The summed E-state index contributed by atoms with van der Waals surface area (Å²) in [6.07, 6.45) is 3.42. The lowest BCUT2D eigenvalue weighted by Crippen LogP contribution is -2.02. The molecule has 102 valence electrons. The van der Waals surface area contributed by atoms with Crippen LogP contribution in [0.2, 0.25) is 0 Å². The number of nitrogens with one attached hydrogen (secondary N) is 1. The van der Waals surface area contributed by atoms with Crippen LogP contribution in [0.15, 0.2) is 59.2 Å². The van der Waals surface area contributed by atoms with E-state index in [1.54, 1.807) is 12.3 Å². The van der Waals surface area contributed by atoms with Crippen molar-refractivity contribution >= 4 is 16.7 Å². The molecule has 0 aliphatic carbocycles. The fraction of sp³-hybridized carbons (Fsp3) is 0.176. The molecular weight excluding hydrogens is 250 g/mol. The van der Waals surface area contributed by atoms with E-state index in [2.05, 4.69) is 5.32 Å². The molecule has 0 amide bonds. The molecule has 0 radical (unpaired) electrons. The molecule has 2 N–H and O–H groups in total. The number of phenols is 1. The molecule has 3 aromatic rings. The second kappa shape index (κ2) is 5.70. The van der Waals surface area contributed by atoms with Gasteiger partial charge in [-0.05, 0) is 48.7 Å². The Morgan fingerprint density at radius 3 is 2.75 bits per heavy atom. The van der Waals surface area contributed by atoms with Gasteiger partial charge >= 0.3 is 0 Å². The molecule has 3 rings (SSSR count). The number of aromatic hydroxyl groups is 1. The number of furan rings is 1. The number of fused-ring (bicyclic) bond motifs is 1. The predicted octanol–water partition coefficient (Wildman–Crippen LogP) is 4.18. The van der Waals surface area contributed by atoms with Crippen molar-refractivity contribution in [2.75, 3.05) is 11.9 Å². The smallest absolute Gasteiger partial charge is 0.134 e. The zero-order valence-corrected chi connectivity index (χ0v) is 11.2. The minimum absolute atomic E-state index is 0.346. The fourth-order valence-electron chi connectivity index (χ4n) is 2.31. The van der Waals surface area contributed by atoms with Crippen molar-refractivity contribution in [2.45, 2.75) is 12.8 Å². The molecule has 2 aromatic carbocycles. The fourth-order valence-corrected chi connectivity index (χ4v) is 2.31. The minimum Gasteiger partial charge on any atom is -0.508 e. The van der Waals surface area contributed by atoms with Crippen LogP contribution in [0.4, 0.5) is 5.69 Å². The predicted molar refractivity (Wildman–Crippen MR) is 81.1 cm³/mol. The molecule has 3 heteroatoms. The van der Waals surface area contributed by atoms with E-state index in [1.165, 1.54) is 0 Å². The maximum Gasteiger partial charge on any atom is 0.134 e. The van der Waals surface area contributed by atoms with Crippen LogP contribution in [0.25, 0.3) is 11.0 Å². The van der Waals surface area contributed by atoms with E-state index in [1.807, 2.05) is 42.5 Å². The van der Waals surface area contributed by atoms with Gasteiger partial charge in [0.15, 0.2) is 0 Å². The van der Waals surface area contributed by atoms with Gasteiger partial charge in [0, 0.05) is 17.6 Å². The highest BCUT2D eigenvalue weighted by Gasteiger charge is 2.05. The number of benzene rings is 2. The molecule has 0 unspecified atom stereocenters. The van der Waals surface area contributed by atoms with Crippen molar-refractivity contribution < 1.29 is 9.52 Å². The van der Waals surface area contributed by atoms with E-state index < -0.39 is 0 Å². The molecule has 0 spiro atoms. The second-order valence-corrected chi connectivity index (χ2v) is 4.84. The number of anilines is 1. The highest BCUT2D eigenvalue weighted by Crippen LogP contribution is 2.26. The summed E-state index contributed by atoms with van der Waals surface area (Å²) in [5.41, 5.74) is 2.88. The first-order valence-corrected chi connectivity index (χ1v) is 6.81. The van der Waals surface area contributed by atoms with Crippen molar-refractivity contribution in [1.29, 1.82) is 0 Å². The first-order valence-electron chi connectivity index (χ1n) is 6.81. The van der Waals surface area contributed by atoms with Crippen molar-refractivity contribution in [2.24, 2.45) is 0 Å². The second-order valence-electron chi connectivity index (χ2n) is 4.84. The topological polar surface area (TPSA) is 45.4 Å². The molecule has 0 aliphatic heterocycles. The summed E-state index contributed by atoms with van der Waals surface area (Å²) in [7, 11) is 0. The van der Waals surface area contributed by atoms with Gasteiger partial charge in [0.1, 0.15) is 11.3 Å². The van der Waals surface area contributed by atoms with Gasteiger partial charge in [0.25, 0.3) is 0 Å². The van der Waals surface area contributed by atoms with Crippen LogP contribution >= 0.6 is 0 Å². The molecule has 0 saturated heterocycles. The molecule has 0 bridgehead atoms. The standard InChI is InChI=1S/C17H17NO2/c19-16-11-14-8-10-20-17(14)12-13(16)5-4-9-18-15-6-2-1-3-7-15/h1-3,6-8,10-12,18-19H,4-5,9H2. The molecule has 1 aromatic heterocycles. The van der Waals surface area contributed by atoms with Gasteiger partial charge in [-0.3, -0.25) is 0 Å². The molecular formula is C17H17NO2. The highest BCUT2D eigenvalue weighted by molar-refractivity contribution is 5.79. The highest BCUT2D eigenvalue weighted by atomic mass is 16.3. The molecule has 3 nitrogen and oxygen atoms in total. The average Bonchev–Trinajstić information content (AvgIpc) is 2.91. The molecule has 0 aliphatic rings. The summed E-state index contributed by atoms with van der Waals surface area (Å²) in [6.45, 7) is 0.875. The van der Waals surface area contributed by atoms with Gasteiger partial charge in [-0.25, -0.2) is 0 Å². The third-order valence-corrected chi connectivity index (χ3v) is 3.38. The number of rotatable bonds is 5. The lowest BCUT2D eigenvalue weighted by atomic mass is 10.1. The monoisotopic (exact) mass is 267 g/mol. The van der Waals surface area contributed by atoms with E-state index in [-0.39, 0.29) is 0 Å². The van der Waals surface area contributed by atoms with Gasteiger partial charge < -0.3 is 14.8 Å². The van der Waals surface area contributed by atoms with Crippen LogP contribution in [-0.4, -0.2) is 11.7 Å². The Balaban J connectivity index is 1.58. The van der Waals surface area contributed by atoms with Gasteiger partial charge in [0.2, 0.25) is 0 Å². The normalized spacial score (nSPS) is 10.8. The lowest BCUT2D eigenvalue weighted by Gasteiger charge is -2.07. The molecule has 0 saturated carbocycles. The zero-order chi connectivity index (χ0) is 13.8. The number of hydrogen-bond acceptors (Lipinski definition) is 3. The molecule has 20 heavy (non-hydrogen) atoms. The Morgan fingerprint density at radius 2 is 1.90 bits per heavy atom. The van der Waals surface area contributed by atoms with Gasteiger partial charge in [-0.1, -0.05) is 18.2 Å². The van der Waals surface area contributed by atoms with E-state index in [9.17, 15) is 5.11 Å². The average molecular weight is 267 g/mol. The third kappa shape index (κ3) is 2.77. The zero-order valence-electron chi connectivity index (χ0n) is 11.2. The Morgan fingerprint density at radius 1 is 1.05 bits per heavy atom. The molecule has 1 heterocycles. The van der Waals surface area contributed by atoms with E-state index in [4.69, 9.17) is 4.42 Å². The van der Waals surface area contributed by atoms with Crippen molar-refractivity contribution in [3.63, 3.8) is 0 Å². The minimum atomic E-state index is 0.346. The maximum atomic E-state index is 9.98. The van der Waals surface area contributed by atoms with Crippen molar-refractivity contribution in [1.82, 2.24) is 0 Å². The lowest BCUT2D eigenvalue weighted by molar-refractivity contribution is 0.468. The quantitative estimate of drug-likeness (QED) is 0.681. The number of phenolic OH excluding ortho intramolecular Hbond substituents is 1. The van der Waals surface area contributed by atoms with Crippen LogP contribution in [0.1, 0.15) is 12.0 Å². The van der Waals surface area contributed by atoms with Gasteiger partial charge in [-0.2, -0.15) is 0 Å². The van der Waals surface area contributed by atoms with Crippen LogP contribution in [-0.2, 0) is 6.42 Å². The van der Waals surface area contributed by atoms with Crippen molar-refractivity contribution in [3.8, 4) is 5.75 Å². The van der Waals surface area contributed by atoms with Gasteiger partial charge in [-0.15, -0.1) is 0 Å². The molecule has 0 fully saturated rings. The Bertz CT molecular complexity index is 689. The summed E-state index contributed by atoms with van der Waals surface area (Å²) in [6, 6.07) is 15.7. The first-order chi connectivity index (χ1) is 9.83. The third-order valence-electron chi connectivity index (χ3n) is 3.38. The number of aryl methyl sites for hydroxylation is 1. The van der Waals surface area contributed by atoms with Crippen LogP contribution < -0.4 is 5.32 Å². The Labute approximate surface area is 117 Å². The van der Waals surface area contributed by atoms with E-state index >= 15 is 0 Å². The summed E-state index contributed by atoms with van der Waals surface area (Å²) >= 11 is 0. The van der Waals surface area contributed by atoms with Crippen LogP contribution in [0, 0.1) is 0 Å². The molecule has 0 atom stereocenters. The Hall–Kier alpha value is -2.42. The van der Waals surface area contributed by atoms with E-state index in [0.717, 1.165) is 41.6 Å². The van der Waals surface area contributed by atoms with Crippen LogP contribution in [0.5, 0.6) is 5.75 Å². The maximum absolute atomic E-state index is 9.98. The summed E-state index contributed by atoms with van der Waals surface area (Å²) in [4.78, 5) is 0. The SMILES string of the molecule is Oc1cc2ccoc2cc1CCCNc1ccccc1. The largest absolute Gasteiger partial charge is 0.508 e. The Kier molecular flexibility index (Phi) is 3.59. The van der Waals surface area contributed by atoms with Crippen LogP contribution in [0.3, 0.4) is 0 Å².